The number of carbonyl (C=O) groups is 1. The van der Waals surface area contributed by atoms with E-state index in [1.807, 2.05) is 37.3 Å². The van der Waals surface area contributed by atoms with E-state index in [4.69, 9.17) is 8.94 Å². The number of pyridine rings is 1. The van der Waals surface area contributed by atoms with Crippen LogP contribution in [-0.4, -0.2) is 52.3 Å². The fraction of sp³-hybridized carbons (Fsp3) is 0.462. The summed E-state index contributed by atoms with van der Waals surface area (Å²) in [7, 11) is -4.86. The van der Waals surface area contributed by atoms with Gasteiger partial charge < -0.3 is 14.3 Å². The minimum atomic E-state index is -3.71. The van der Waals surface area contributed by atoms with E-state index in [1.165, 1.54) is 0 Å². The van der Waals surface area contributed by atoms with E-state index in [9.17, 15) is 17.8 Å². The SMILES string of the molecule is CCOP(C)(=O)CCCNS(=O)(=O)Cc1nc2oc(-c3ccc(C)cc3)c(C(=O)NC)c2cc1C1CC1. The van der Waals surface area contributed by atoms with Gasteiger partial charge in [0.2, 0.25) is 15.7 Å². The number of hydrogen-bond donors (Lipinski definition) is 2. The molecule has 11 heteroatoms. The van der Waals surface area contributed by atoms with Crippen molar-refractivity contribution >= 4 is 34.4 Å². The molecule has 0 saturated heterocycles. The Hall–Kier alpha value is -2.52. The van der Waals surface area contributed by atoms with Crippen LogP contribution in [0.25, 0.3) is 22.4 Å². The second kappa shape index (κ2) is 11.1. The van der Waals surface area contributed by atoms with Crippen LogP contribution < -0.4 is 10.0 Å². The number of carbonyl (C=O) groups excluding carboxylic acids is 1. The lowest BCUT2D eigenvalue weighted by Crippen LogP contribution is -2.27. The van der Waals surface area contributed by atoms with Crippen molar-refractivity contribution in [3.05, 3.63) is 52.7 Å². The predicted molar refractivity (Wildman–Crippen MR) is 145 cm³/mol. The van der Waals surface area contributed by atoms with Gasteiger partial charge in [-0.25, -0.2) is 18.1 Å². The van der Waals surface area contributed by atoms with Gasteiger partial charge in [-0.2, -0.15) is 0 Å². The van der Waals surface area contributed by atoms with E-state index in [-0.39, 0.29) is 29.8 Å². The maximum absolute atomic E-state index is 12.9. The van der Waals surface area contributed by atoms with Gasteiger partial charge in [0.15, 0.2) is 7.37 Å². The Kier molecular flexibility index (Phi) is 8.23. The molecule has 1 fully saturated rings. The number of rotatable bonds is 12. The number of fused-ring (bicyclic) bond motifs is 1. The summed E-state index contributed by atoms with van der Waals surface area (Å²) in [4.78, 5) is 17.5. The highest BCUT2D eigenvalue weighted by Crippen LogP contribution is 2.44. The summed E-state index contributed by atoms with van der Waals surface area (Å²) in [6.45, 7) is 5.84. The first-order valence-electron chi connectivity index (χ1n) is 12.5. The fourth-order valence-electron chi connectivity index (χ4n) is 4.36. The van der Waals surface area contributed by atoms with Crippen molar-refractivity contribution in [2.75, 3.05) is 33.0 Å². The number of benzene rings is 1. The Morgan fingerprint density at radius 2 is 1.95 bits per heavy atom. The summed E-state index contributed by atoms with van der Waals surface area (Å²) < 4.78 is 52.0. The molecule has 3 aromatic rings. The largest absolute Gasteiger partial charge is 0.437 e. The highest BCUT2D eigenvalue weighted by atomic mass is 32.2. The van der Waals surface area contributed by atoms with Crippen molar-refractivity contribution in [3.63, 3.8) is 0 Å². The molecule has 1 aromatic carbocycles. The van der Waals surface area contributed by atoms with Crippen molar-refractivity contribution in [2.24, 2.45) is 0 Å². The molecule has 2 aromatic heterocycles. The van der Waals surface area contributed by atoms with Gasteiger partial charge in [0.25, 0.3) is 5.91 Å². The predicted octanol–water partition coefficient (Wildman–Crippen LogP) is 4.79. The Bertz CT molecular complexity index is 1450. The first kappa shape index (κ1) is 27.5. The summed E-state index contributed by atoms with van der Waals surface area (Å²) >= 11 is 0. The number of nitrogens with one attached hydrogen (secondary N) is 2. The zero-order chi connectivity index (χ0) is 26.8. The maximum atomic E-state index is 12.9. The van der Waals surface area contributed by atoms with Gasteiger partial charge in [0.1, 0.15) is 11.5 Å². The molecule has 4 rings (SSSR count). The normalized spacial score (nSPS) is 15.6. The van der Waals surface area contributed by atoms with Crippen molar-refractivity contribution in [3.8, 4) is 11.3 Å². The van der Waals surface area contributed by atoms with Gasteiger partial charge in [-0.15, -0.1) is 0 Å². The lowest BCUT2D eigenvalue weighted by atomic mass is 10.0. The average Bonchev–Trinajstić information content (AvgIpc) is 3.62. The van der Waals surface area contributed by atoms with Crippen molar-refractivity contribution in [1.29, 1.82) is 0 Å². The standard InChI is InChI=1S/C26H34N3O6PS/c1-5-34-36(4,31)14-6-13-28-37(32,33)16-22-20(18-11-12-18)15-21-23(25(30)27-3)24(35-26(21)29-22)19-9-7-17(2)8-10-19/h7-10,15,18,28H,5-6,11-14,16H2,1-4H3,(H,27,30). The summed E-state index contributed by atoms with van der Waals surface area (Å²) in [6, 6.07) is 9.52. The second-order valence-corrected chi connectivity index (χ2v) is 14.1. The van der Waals surface area contributed by atoms with E-state index >= 15 is 0 Å². The first-order valence-corrected chi connectivity index (χ1v) is 16.4. The van der Waals surface area contributed by atoms with Crippen LogP contribution in [0.1, 0.15) is 59.3 Å². The van der Waals surface area contributed by atoms with Crippen LogP contribution in [0.2, 0.25) is 0 Å². The highest BCUT2D eigenvalue weighted by molar-refractivity contribution is 7.88. The Balaban J connectivity index is 1.64. The van der Waals surface area contributed by atoms with Crippen LogP contribution >= 0.6 is 7.37 Å². The molecule has 1 saturated carbocycles. The fourth-order valence-corrected chi connectivity index (χ4v) is 6.92. The molecule has 1 aliphatic carbocycles. The van der Waals surface area contributed by atoms with E-state index in [0.29, 0.717) is 41.6 Å². The minimum absolute atomic E-state index is 0.160. The van der Waals surface area contributed by atoms with Gasteiger partial charge in [-0.1, -0.05) is 29.8 Å². The van der Waals surface area contributed by atoms with Crippen LogP contribution in [0.15, 0.2) is 34.7 Å². The third-order valence-electron chi connectivity index (χ3n) is 6.37. The van der Waals surface area contributed by atoms with E-state index in [2.05, 4.69) is 15.0 Å². The van der Waals surface area contributed by atoms with Crippen LogP contribution in [0.5, 0.6) is 0 Å². The quantitative estimate of drug-likeness (QED) is 0.246. The van der Waals surface area contributed by atoms with Crippen LogP contribution in [0.3, 0.4) is 0 Å². The van der Waals surface area contributed by atoms with Crippen LogP contribution in [0, 0.1) is 6.92 Å². The Morgan fingerprint density at radius 1 is 1.24 bits per heavy atom. The number of amides is 1. The number of aryl methyl sites for hydroxylation is 1. The number of aromatic nitrogens is 1. The van der Waals surface area contributed by atoms with Gasteiger partial charge in [-0.3, -0.25) is 9.36 Å². The summed E-state index contributed by atoms with van der Waals surface area (Å²) in [6.07, 6.45) is 2.59. The van der Waals surface area contributed by atoms with Crippen molar-refractivity contribution in [2.45, 2.75) is 44.8 Å². The molecule has 37 heavy (non-hydrogen) atoms. The number of sulfonamides is 1. The van der Waals surface area contributed by atoms with Gasteiger partial charge in [-0.05, 0) is 50.7 Å². The molecular weight excluding hydrogens is 513 g/mol. The third kappa shape index (κ3) is 6.68. The molecule has 0 spiro atoms. The van der Waals surface area contributed by atoms with Crippen LogP contribution in [0.4, 0.5) is 0 Å². The summed E-state index contributed by atoms with van der Waals surface area (Å²) in [5, 5.41) is 3.25. The van der Waals surface area contributed by atoms with Crippen molar-refractivity contribution in [1.82, 2.24) is 15.0 Å². The molecule has 0 aliphatic heterocycles. The van der Waals surface area contributed by atoms with Crippen molar-refractivity contribution < 1.29 is 26.7 Å². The van der Waals surface area contributed by atoms with Crippen LogP contribution in [-0.2, 0) is 24.9 Å². The lowest BCUT2D eigenvalue weighted by molar-refractivity contribution is 0.0964. The third-order valence-corrected chi connectivity index (χ3v) is 9.60. The Morgan fingerprint density at radius 3 is 2.57 bits per heavy atom. The lowest BCUT2D eigenvalue weighted by Gasteiger charge is -2.13. The topological polar surface area (TPSA) is 128 Å². The molecule has 1 aliphatic rings. The molecule has 0 bridgehead atoms. The maximum Gasteiger partial charge on any atom is 0.255 e. The first-order chi connectivity index (χ1) is 17.5. The Labute approximate surface area is 217 Å². The monoisotopic (exact) mass is 547 g/mol. The smallest absolute Gasteiger partial charge is 0.255 e. The molecule has 2 N–H and O–H groups in total. The molecular formula is C26H34N3O6PS. The zero-order valence-corrected chi connectivity index (χ0v) is 23.4. The number of nitrogens with zero attached hydrogens (tertiary/aromatic N) is 1. The molecule has 0 radical (unpaired) electrons. The highest BCUT2D eigenvalue weighted by Gasteiger charge is 2.32. The number of furan rings is 1. The van der Waals surface area contributed by atoms with E-state index in [0.717, 1.165) is 29.5 Å². The van der Waals surface area contributed by atoms with Gasteiger partial charge in [0, 0.05) is 32.0 Å². The second-order valence-electron chi connectivity index (χ2n) is 9.57. The molecule has 1 atom stereocenters. The van der Waals surface area contributed by atoms with E-state index < -0.39 is 17.4 Å². The number of hydrogen-bond acceptors (Lipinski definition) is 7. The minimum Gasteiger partial charge on any atom is -0.437 e. The molecule has 9 nitrogen and oxygen atoms in total. The molecule has 1 unspecified atom stereocenters. The average molecular weight is 548 g/mol. The summed E-state index contributed by atoms with van der Waals surface area (Å²) in [5.41, 5.74) is 3.69. The van der Waals surface area contributed by atoms with E-state index in [1.54, 1.807) is 20.6 Å². The summed E-state index contributed by atoms with van der Waals surface area (Å²) in [5.74, 6) is 0.00890. The molecule has 2 heterocycles. The molecule has 1 amide bonds. The molecule has 200 valence electrons. The van der Waals surface area contributed by atoms with Gasteiger partial charge >= 0.3 is 0 Å². The zero-order valence-electron chi connectivity index (χ0n) is 21.7. The van der Waals surface area contributed by atoms with Gasteiger partial charge in [0.05, 0.1) is 23.3 Å².